The van der Waals surface area contributed by atoms with Crippen LogP contribution in [0.2, 0.25) is 5.02 Å². The van der Waals surface area contributed by atoms with Crippen LogP contribution in [-0.2, 0) is 21.2 Å². The van der Waals surface area contributed by atoms with Crippen molar-refractivity contribution in [3.63, 3.8) is 0 Å². The van der Waals surface area contributed by atoms with Crippen molar-refractivity contribution in [2.45, 2.75) is 25.2 Å². The minimum Gasteiger partial charge on any atom is -0.312 e. The molecule has 0 fully saturated rings. The Bertz CT molecular complexity index is 925. The molecule has 5 nitrogen and oxygen atoms in total. The lowest BCUT2D eigenvalue weighted by Gasteiger charge is -2.15. The van der Waals surface area contributed by atoms with Gasteiger partial charge in [-0.05, 0) is 54.8 Å². The lowest BCUT2D eigenvalue weighted by Crippen LogP contribution is -2.25. The van der Waals surface area contributed by atoms with Crippen molar-refractivity contribution in [1.82, 2.24) is 0 Å². The monoisotopic (exact) mass is 364 g/mol. The predicted molar refractivity (Wildman–Crippen MR) is 95.2 cm³/mol. The van der Waals surface area contributed by atoms with E-state index in [1.54, 1.807) is 42.2 Å². The van der Waals surface area contributed by atoms with Crippen molar-refractivity contribution < 1.29 is 13.2 Å². The SMILES string of the molecule is CC(=O)N1CCc2cc(S(=O)(=O)Nc3cccc(Cl)c3C)ccc21. The highest BCUT2D eigenvalue weighted by atomic mass is 35.5. The van der Waals surface area contributed by atoms with Crippen LogP contribution in [0, 0.1) is 6.92 Å². The van der Waals surface area contributed by atoms with Crippen molar-refractivity contribution >= 4 is 38.9 Å². The summed E-state index contributed by atoms with van der Waals surface area (Å²) >= 11 is 6.04. The maximum absolute atomic E-state index is 12.6. The Kier molecular flexibility index (Phi) is 4.27. The van der Waals surface area contributed by atoms with Gasteiger partial charge >= 0.3 is 0 Å². The number of nitrogens with zero attached hydrogens (tertiary/aromatic N) is 1. The topological polar surface area (TPSA) is 66.5 Å². The number of carbonyl (C=O) groups is 1. The van der Waals surface area contributed by atoms with E-state index < -0.39 is 10.0 Å². The van der Waals surface area contributed by atoms with E-state index in [9.17, 15) is 13.2 Å². The second kappa shape index (κ2) is 6.11. The molecule has 2 aromatic carbocycles. The summed E-state index contributed by atoms with van der Waals surface area (Å²) in [5.74, 6) is -0.0444. The molecule has 2 aromatic rings. The third kappa shape index (κ3) is 2.99. The van der Waals surface area contributed by atoms with Crippen LogP contribution >= 0.6 is 11.6 Å². The number of amides is 1. The molecular formula is C17H17ClN2O3S. The minimum atomic E-state index is -3.72. The van der Waals surface area contributed by atoms with Crippen LogP contribution in [0.15, 0.2) is 41.3 Å². The van der Waals surface area contributed by atoms with Gasteiger partial charge in [0.25, 0.3) is 10.0 Å². The zero-order valence-electron chi connectivity index (χ0n) is 13.3. The Morgan fingerprint density at radius 2 is 2.00 bits per heavy atom. The Balaban J connectivity index is 1.94. The number of hydrogen-bond donors (Lipinski definition) is 1. The Labute approximate surface area is 146 Å². The van der Waals surface area contributed by atoms with E-state index in [4.69, 9.17) is 11.6 Å². The molecule has 3 rings (SSSR count). The average Bonchev–Trinajstić information content (AvgIpc) is 2.95. The van der Waals surface area contributed by atoms with E-state index in [1.165, 1.54) is 13.0 Å². The zero-order chi connectivity index (χ0) is 17.5. The van der Waals surface area contributed by atoms with E-state index in [2.05, 4.69) is 4.72 Å². The van der Waals surface area contributed by atoms with E-state index in [0.29, 0.717) is 29.2 Å². The first-order valence-electron chi connectivity index (χ1n) is 7.48. The quantitative estimate of drug-likeness (QED) is 0.908. The summed E-state index contributed by atoms with van der Waals surface area (Å²) < 4.78 is 27.9. The van der Waals surface area contributed by atoms with Gasteiger partial charge in [-0.3, -0.25) is 9.52 Å². The summed E-state index contributed by atoms with van der Waals surface area (Å²) in [6.45, 7) is 3.84. The first kappa shape index (κ1) is 16.8. The first-order chi connectivity index (χ1) is 11.3. The van der Waals surface area contributed by atoms with E-state index in [-0.39, 0.29) is 10.8 Å². The number of halogens is 1. The van der Waals surface area contributed by atoms with Crippen LogP contribution in [-0.4, -0.2) is 20.9 Å². The third-order valence-corrected chi connectivity index (χ3v) is 5.92. The summed E-state index contributed by atoms with van der Waals surface area (Å²) in [5, 5.41) is 0.501. The van der Waals surface area contributed by atoms with Crippen molar-refractivity contribution in [3.8, 4) is 0 Å². The number of benzene rings is 2. The van der Waals surface area contributed by atoms with Gasteiger partial charge < -0.3 is 4.90 Å². The van der Waals surface area contributed by atoms with Gasteiger partial charge in [0.15, 0.2) is 0 Å². The molecular weight excluding hydrogens is 348 g/mol. The first-order valence-corrected chi connectivity index (χ1v) is 9.34. The van der Waals surface area contributed by atoms with E-state index in [0.717, 1.165) is 11.3 Å². The zero-order valence-corrected chi connectivity index (χ0v) is 14.9. The molecule has 0 unspecified atom stereocenters. The molecule has 0 aromatic heterocycles. The highest BCUT2D eigenvalue weighted by Crippen LogP contribution is 2.31. The number of fused-ring (bicyclic) bond motifs is 1. The van der Waals surface area contributed by atoms with Gasteiger partial charge in [0.05, 0.1) is 10.6 Å². The Hall–Kier alpha value is -2.05. The normalized spacial score (nSPS) is 13.7. The molecule has 1 heterocycles. The summed E-state index contributed by atoms with van der Waals surface area (Å²) in [5.41, 5.74) is 2.76. The molecule has 0 atom stereocenters. The molecule has 1 amide bonds. The van der Waals surface area contributed by atoms with Crippen LogP contribution in [0.1, 0.15) is 18.1 Å². The average molecular weight is 365 g/mol. The fourth-order valence-electron chi connectivity index (χ4n) is 2.79. The van der Waals surface area contributed by atoms with Crippen LogP contribution in [0.5, 0.6) is 0 Å². The van der Waals surface area contributed by atoms with Gasteiger partial charge in [0, 0.05) is 24.2 Å². The van der Waals surface area contributed by atoms with Crippen LogP contribution in [0.25, 0.3) is 0 Å². The van der Waals surface area contributed by atoms with Crippen molar-refractivity contribution in [2.75, 3.05) is 16.2 Å². The largest absolute Gasteiger partial charge is 0.312 e. The summed E-state index contributed by atoms with van der Waals surface area (Å²) in [6.07, 6.45) is 0.647. The lowest BCUT2D eigenvalue weighted by atomic mass is 10.2. The van der Waals surface area contributed by atoms with Gasteiger partial charge in [-0.1, -0.05) is 17.7 Å². The minimum absolute atomic E-state index is 0.0444. The summed E-state index contributed by atoms with van der Waals surface area (Å²) in [6, 6.07) is 9.90. The molecule has 1 N–H and O–H groups in total. The van der Waals surface area contributed by atoms with Gasteiger partial charge in [0.2, 0.25) is 5.91 Å². The second-order valence-electron chi connectivity index (χ2n) is 5.73. The van der Waals surface area contributed by atoms with Crippen molar-refractivity contribution in [3.05, 3.63) is 52.5 Å². The molecule has 1 aliphatic heterocycles. The van der Waals surface area contributed by atoms with Crippen molar-refractivity contribution in [2.24, 2.45) is 0 Å². The number of carbonyl (C=O) groups excluding carboxylic acids is 1. The maximum atomic E-state index is 12.6. The van der Waals surface area contributed by atoms with Crippen LogP contribution < -0.4 is 9.62 Å². The number of hydrogen-bond acceptors (Lipinski definition) is 3. The van der Waals surface area contributed by atoms with E-state index in [1.807, 2.05) is 0 Å². The van der Waals surface area contributed by atoms with Crippen molar-refractivity contribution in [1.29, 1.82) is 0 Å². The highest BCUT2D eigenvalue weighted by Gasteiger charge is 2.25. The van der Waals surface area contributed by atoms with Gasteiger partial charge in [0.1, 0.15) is 0 Å². The maximum Gasteiger partial charge on any atom is 0.261 e. The molecule has 0 spiro atoms. The molecule has 0 saturated carbocycles. The van der Waals surface area contributed by atoms with Crippen LogP contribution in [0.4, 0.5) is 11.4 Å². The van der Waals surface area contributed by atoms with Gasteiger partial charge in [-0.25, -0.2) is 8.42 Å². The highest BCUT2D eigenvalue weighted by molar-refractivity contribution is 7.92. The van der Waals surface area contributed by atoms with E-state index >= 15 is 0 Å². The molecule has 126 valence electrons. The fraction of sp³-hybridized carbons (Fsp3) is 0.235. The number of nitrogens with one attached hydrogen (secondary N) is 1. The molecule has 0 aliphatic carbocycles. The predicted octanol–water partition coefficient (Wildman–Crippen LogP) is 3.36. The van der Waals surface area contributed by atoms with Crippen LogP contribution in [0.3, 0.4) is 0 Å². The second-order valence-corrected chi connectivity index (χ2v) is 7.82. The molecule has 0 bridgehead atoms. The molecule has 24 heavy (non-hydrogen) atoms. The summed E-state index contributed by atoms with van der Waals surface area (Å²) in [4.78, 5) is 13.4. The van der Waals surface area contributed by atoms with Gasteiger partial charge in [-0.15, -0.1) is 0 Å². The Morgan fingerprint density at radius 1 is 1.25 bits per heavy atom. The number of anilines is 2. The lowest BCUT2D eigenvalue weighted by molar-refractivity contribution is -0.116. The summed E-state index contributed by atoms with van der Waals surface area (Å²) in [7, 11) is -3.72. The Morgan fingerprint density at radius 3 is 2.71 bits per heavy atom. The number of sulfonamides is 1. The fourth-order valence-corrected chi connectivity index (χ4v) is 4.14. The molecule has 1 aliphatic rings. The molecule has 0 radical (unpaired) electrons. The molecule has 7 heteroatoms. The molecule has 0 saturated heterocycles. The standard InChI is InChI=1S/C17H17ClN2O3S/c1-11-15(18)4-3-5-16(11)19-24(22,23)14-6-7-17-13(10-14)8-9-20(17)12(2)21/h3-7,10,19H,8-9H2,1-2H3. The number of rotatable bonds is 3. The smallest absolute Gasteiger partial charge is 0.261 e. The third-order valence-electron chi connectivity index (χ3n) is 4.15. The van der Waals surface area contributed by atoms with Gasteiger partial charge in [-0.2, -0.15) is 0 Å².